The third-order valence-electron chi connectivity index (χ3n) is 3.45. The highest BCUT2D eigenvalue weighted by atomic mass is 16.5. The number of aliphatic carboxylic acids is 1. The van der Waals surface area contributed by atoms with Gasteiger partial charge in [-0.05, 0) is 26.7 Å². The van der Waals surface area contributed by atoms with Gasteiger partial charge in [0.1, 0.15) is 5.71 Å². The van der Waals surface area contributed by atoms with Crippen molar-refractivity contribution in [3.63, 3.8) is 0 Å². The predicted molar refractivity (Wildman–Crippen MR) is 89.8 cm³/mol. The number of carboxylic acid groups (broad SMARTS) is 1. The SMILES string of the molecule is CCOCCCCCCCN=C(C(=O)O)c1ccc(C)cc1. The average molecular weight is 305 g/mol. The second kappa shape index (κ2) is 11.0. The maximum Gasteiger partial charge on any atom is 0.354 e. The van der Waals surface area contributed by atoms with E-state index in [1.54, 1.807) is 0 Å². The first kappa shape index (κ1) is 18.4. The maximum absolute atomic E-state index is 11.3. The molecule has 1 rings (SSSR count). The fraction of sp³-hybridized carbons (Fsp3) is 0.556. The Morgan fingerprint density at radius 3 is 2.36 bits per heavy atom. The molecule has 122 valence electrons. The minimum atomic E-state index is -0.958. The predicted octanol–water partition coefficient (Wildman–Crippen LogP) is 3.86. The van der Waals surface area contributed by atoms with Gasteiger partial charge in [0.2, 0.25) is 0 Å². The quantitative estimate of drug-likeness (QED) is 0.499. The van der Waals surface area contributed by atoms with Gasteiger partial charge in [-0.3, -0.25) is 4.99 Å². The molecule has 0 heterocycles. The normalized spacial score (nSPS) is 11.6. The summed E-state index contributed by atoms with van der Waals surface area (Å²) in [5.41, 5.74) is 1.95. The number of unbranched alkanes of at least 4 members (excludes halogenated alkanes) is 4. The molecule has 0 aliphatic carbocycles. The molecule has 1 aromatic rings. The molecule has 1 aromatic carbocycles. The van der Waals surface area contributed by atoms with E-state index in [0.29, 0.717) is 12.1 Å². The average Bonchev–Trinajstić information content (AvgIpc) is 2.50. The Balaban J connectivity index is 2.32. The Morgan fingerprint density at radius 2 is 1.73 bits per heavy atom. The first-order chi connectivity index (χ1) is 10.6. The fourth-order valence-corrected chi connectivity index (χ4v) is 2.18. The van der Waals surface area contributed by atoms with Gasteiger partial charge in [-0.1, -0.05) is 49.1 Å². The van der Waals surface area contributed by atoms with Crippen molar-refractivity contribution < 1.29 is 14.6 Å². The number of ether oxygens (including phenoxy) is 1. The van der Waals surface area contributed by atoms with E-state index in [2.05, 4.69) is 4.99 Å². The molecule has 0 bridgehead atoms. The standard InChI is InChI=1S/C18H27NO3/c1-3-22-14-8-6-4-5-7-13-19-17(18(20)21)16-11-9-15(2)10-12-16/h9-12H,3-8,13-14H2,1-2H3,(H,20,21). The minimum absolute atomic E-state index is 0.163. The molecular formula is C18H27NO3. The summed E-state index contributed by atoms with van der Waals surface area (Å²) >= 11 is 0. The highest BCUT2D eigenvalue weighted by Gasteiger charge is 2.11. The van der Waals surface area contributed by atoms with Crippen molar-refractivity contribution >= 4 is 11.7 Å². The lowest BCUT2D eigenvalue weighted by Gasteiger charge is -2.04. The zero-order valence-corrected chi connectivity index (χ0v) is 13.7. The summed E-state index contributed by atoms with van der Waals surface area (Å²) in [6.45, 7) is 6.18. The Labute approximate surface area is 133 Å². The van der Waals surface area contributed by atoms with Crippen molar-refractivity contribution in [1.29, 1.82) is 0 Å². The van der Waals surface area contributed by atoms with E-state index in [1.165, 1.54) is 0 Å². The summed E-state index contributed by atoms with van der Waals surface area (Å²) in [6, 6.07) is 7.45. The summed E-state index contributed by atoms with van der Waals surface area (Å²) < 4.78 is 5.29. The van der Waals surface area contributed by atoms with Crippen molar-refractivity contribution in [2.24, 2.45) is 4.99 Å². The second-order valence-electron chi connectivity index (χ2n) is 5.37. The summed E-state index contributed by atoms with van der Waals surface area (Å²) in [5.74, 6) is -0.958. The van der Waals surface area contributed by atoms with Crippen molar-refractivity contribution in [3.8, 4) is 0 Å². The van der Waals surface area contributed by atoms with E-state index in [-0.39, 0.29) is 5.71 Å². The van der Waals surface area contributed by atoms with Gasteiger partial charge in [-0.25, -0.2) is 4.79 Å². The van der Waals surface area contributed by atoms with Gasteiger partial charge in [0.05, 0.1) is 0 Å². The molecule has 0 aliphatic rings. The molecule has 0 aromatic heterocycles. The number of carboxylic acids is 1. The number of aliphatic imine (C=N–C) groups is 1. The van der Waals surface area contributed by atoms with E-state index in [0.717, 1.165) is 50.9 Å². The molecule has 4 nitrogen and oxygen atoms in total. The molecule has 22 heavy (non-hydrogen) atoms. The van der Waals surface area contributed by atoms with Crippen LogP contribution in [0.1, 0.15) is 50.2 Å². The molecule has 0 radical (unpaired) electrons. The lowest BCUT2D eigenvalue weighted by Crippen LogP contribution is -2.15. The molecule has 0 amide bonds. The smallest absolute Gasteiger partial charge is 0.354 e. The Bertz CT molecular complexity index is 466. The van der Waals surface area contributed by atoms with Crippen molar-refractivity contribution in [2.75, 3.05) is 19.8 Å². The van der Waals surface area contributed by atoms with E-state index in [1.807, 2.05) is 38.1 Å². The van der Waals surface area contributed by atoms with E-state index >= 15 is 0 Å². The number of hydrogen-bond donors (Lipinski definition) is 1. The molecule has 0 aliphatic heterocycles. The van der Waals surface area contributed by atoms with Crippen LogP contribution in [-0.4, -0.2) is 36.5 Å². The van der Waals surface area contributed by atoms with Gasteiger partial charge in [0.25, 0.3) is 0 Å². The lowest BCUT2D eigenvalue weighted by molar-refractivity contribution is -0.129. The number of rotatable bonds is 11. The minimum Gasteiger partial charge on any atom is -0.477 e. The first-order valence-corrected chi connectivity index (χ1v) is 8.07. The Kier molecular flexibility index (Phi) is 9.15. The summed E-state index contributed by atoms with van der Waals surface area (Å²) in [6.07, 6.45) is 5.41. The highest BCUT2D eigenvalue weighted by Crippen LogP contribution is 2.07. The number of aryl methyl sites for hydroxylation is 1. The van der Waals surface area contributed by atoms with Crippen LogP contribution < -0.4 is 0 Å². The molecule has 0 saturated heterocycles. The third kappa shape index (κ3) is 7.36. The van der Waals surface area contributed by atoms with Gasteiger partial charge in [-0.15, -0.1) is 0 Å². The molecular weight excluding hydrogens is 278 g/mol. The summed E-state index contributed by atoms with van der Waals surface area (Å²) in [4.78, 5) is 15.6. The summed E-state index contributed by atoms with van der Waals surface area (Å²) in [5, 5.41) is 9.27. The molecule has 0 fully saturated rings. The first-order valence-electron chi connectivity index (χ1n) is 8.07. The molecule has 4 heteroatoms. The van der Waals surface area contributed by atoms with Crippen molar-refractivity contribution in [3.05, 3.63) is 35.4 Å². The van der Waals surface area contributed by atoms with Crippen LogP contribution in [0, 0.1) is 6.92 Å². The van der Waals surface area contributed by atoms with E-state index < -0.39 is 5.97 Å². The van der Waals surface area contributed by atoms with Gasteiger partial charge < -0.3 is 9.84 Å². The van der Waals surface area contributed by atoms with E-state index in [9.17, 15) is 9.90 Å². The summed E-state index contributed by atoms with van der Waals surface area (Å²) in [7, 11) is 0. The number of hydrogen-bond acceptors (Lipinski definition) is 3. The van der Waals surface area contributed by atoms with Gasteiger partial charge in [0.15, 0.2) is 0 Å². The number of carbonyl (C=O) groups is 1. The lowest BCUT2D eigenvalue weighted by atomic mass is 10.1. The molecule has 0 atom stereocenters. The van der Waals surface area contributed by atoms with Crippen LogP contribution in [0.5, 0.6) is 0 Å². The zero-order chi connectivity index (χ0) is 16.2. The van der Waals surface area contributed by atoms with Crippen molar-refractivity contribution in [1.82, 2.24) is 0 Å². The molecule has 0 spiro atoms. The van der Waals surface area contributed by atoms with Gasteiger partial charge >= 0.3 is 5.97 Å². The maximum atomic E-state index is 11.3. The van der Waals surface area contributed by atoms with Crippen LogP contribution in [0.4, 0.5) is 0 Å². The highest BCUT2D eigenvalue weighted by molar-refractivity contribution is 6.42. The largest absolute Gasteiger partial charge is 0.477 e. The monoisotopic (exact) mass is 305 g/mol. The van der Waals surface area contributed by atoms with Crippen LogP contribution in [0.3, 0.4) is 0 Å². The second-order valence-corrected chi connectivity index (χ2v) is 5.37. The number of benzene rings is 1. The van der Waals surface area contributed by atoms with Crippen LogP contribution >= 0.6 is 0 Å². The topological polar surface area (TPSA) is 58.9 Å². The van der Waals surface area contributed by atoms with E-state index in [4.69, 9.17) is 4.74 Å². The Morgan fingerprint density at radius 1 is 1.09 bits per heavy atom. The molecule has 1 N–H and O–H groups in total. The fourth-order valence-electron chi connectivity index (χ4n) is 2.18. The Hall–Kier alpha value is -1.68. The van der Waals surface area contributed by atoms with Crippen molar-refractivity contribution in [2.45, 2.75) is 46.0 Å². The van der Waals surface area contributed by atoms with Gasteiger partial charge in [-0.2, -0.15) is 0 Å². The number of nitrogens with zero attached hydrogens (tertiary/aromatic N) is 1. The third-order valence-corrected chi connectivity index (χ3v) is 3.45. The van der Waals surface area contributed by atoms with Crippen LogP contribution in [0.25, 0.3) is 0 Å². The zero-order valence-electron chi connectivity index (χ0n) is 13.7. The van der Waals surface area contributed by atoms with Gasteiger partial charge in [0, 0.05) is 25.3 Å². The van der Waals surface area contributed by atoms with Crippen LogP contribution in [-0.2, 0) is 9.53 Å². The molecule has 0 saturated carbocycles. The van der Waals surface area contributed by atoms with Crippen LogP contribution in [0.2, 0.25) is 0 Å². The van der Waals surface area contributed by atoms with Crippen LogP contribution in [0.15, 0.2) is 29.3 Å². The molecule has 0 unspecified atom stereocenters.